The van der Waals surface area contributed by atoms with Gasteiger partial charge >= 0.3 is 12.1 Å². The Morgan fingerprint density at radius 1 is 1.07 bits per heavy atom. The quantitative estimate of drug-likeness (QED) is 0.803. The molecule has 1 heterocycles. The number of ether oxygens (including phenoxy) is 2. The van der Waals surface area contributed by atoms with E-state index in [1.807, 2.05) is 30.3 Å². The fourth-order valence-electron chi connectivity index (χ4n) is 3.16. The zero-order valence-corrected chi connectivity index (χ0v) is 15.6. The number of anilines is 1. The van der Waals surface area contributed by atoms with E-state index in [0.29, 0.717) is 25.1 Å². The molecule has 0 saturated carbocycles. The molecule has 0 bridgehead atoms. The van der Waals surface area contributed by atoms with Crippen LogP contribution >= 0.6 is 0 Å². The van der Waals surface area contributed by atoms with Gasteiger partial charge in [0.05, 0.1) is 18.4 Å². The van der Waals surface area contributed by atoms with Gasteiger partial charge in [0.2, 0.25) is 5.91 Å². The number of nitrogens with one attached hydrogen (secondary N) is 1. The van der Waals surface area contributed by atoms with Gasteiger partial charge in [-0.05, 0) is 30.5 Å². The topological polar surface area (TPSA) is 84.9 Å². The summed E-state index contributed by atoms with van der Waals surface area (Å²) >= 11 is 0. The van der Waals surface area contributed by atoms with Crippen LogP contribution in [0.5, 0.6) is 0 Å². The van der Waals surface area contributed by atoms with Gasteiger partial charge in [0.1, 0.15) is 12.6 Å². The maximum atomic E-state index is 12.8. The lowest BCUT2D eigenvalue weighted by atomic mass is 10.1. The van der Waals surface area contributed by atoms with Gasteiger partial charge < -0.3 is 14.8 Å². The minimum absolute atomic E-state index is 0.148. The minimum atomic E-state index is -0.644. The monoisotopic (exact) mass is 382 g/mol. The Bertz CT molecular complexity index is 853. The fourth-order valence-corrected chi connectivity index (χ4v) is 3.16. The van der Waals surface area contributed by atoms with Crippen LogP contribution in [0.25, 0.3) is 0 Å². The average molecular weight is 382 g/mol. The zero-order valence-electron chi connectivity index (χ0n) is 15.6. The molecule has 0 aliphatic carbocycles. The summed E-state index contributed by atoms with van der Waals surface area (Å²) in [5, 5.41) is 2.74. The second-order valence-corrected chi connectivity index (χ2v) is 6.42. The third-order valence-corrected chi connectivity index (χ3v) is 4.59. The summed E-state index contributed by atoms with van der Waals surface area (Å²) < 4.78 is 10.1. The van der Waals surface area contributed by atoms with Gasteiger partial charge in [-0.3, -0.25) is 9.69 Å². The number of hydrogen-bond donors (Lipinski definition) is 1. The Balaban J connectivity index is 1.65. The van der Waals surface area contributed by atoms with Crippen molar-refractivity contribution in [2.24, 2.45) is 0 Å². The first-order chi connectivity index (χ1) is 13.6. The van der Waals surface area contributed by atoms with E-state index >= 15 is 0 Å². The second-order valence-electron chi connectivity index (χ2n) is 6.42. The molecule has 1 saturated heterocycles. The maximum absolute atomic E-state index is 12.8. The molecule has 2 aromatic rings. The predicted molar refractivity (Wildman–Crippen MR) is 103 cm³/mol. The van der Waals surface area contributed by atoms with Gasteiger partial charge in [-0.25, -0.2) is 9.59 Å². The van der Waals surface area contributed by atoms with E-state index in [-0.39, 0.29) is 18.1 Å². The first-order valence-electron chi connectivity index (χ1n) is 9.05. The number of para-hydroxylation sites is 1. The molecule has 1 aliphatic rings. The molecule has 0 spiro atoms. The molecule has 7 heteroatoms. The van der Waals surface area contributed by atoms with Gasteiger partial charge in [0, 0.05) is 6.54 Å². The Kier molecular flexibility index (Phi) is 6.26. The Labute approximate surface area is 163 Å². The molecular formula is C21H22N2O5. The number of carbonyl (C=O) groups is 3. The Morgan fingerprint density at radius 2 is 1.79 bits per heavy atom. The Morgan fingerprint density at radius 3 is 2.54 bits per heavy atom. The lowest BCUT2D eigenvalue weighted by Crippen LogP contribution is -2.43. The highest BCUT2D eigenvalue weighted by atomic mass is 16.6. The number of benzene rings is 2. The van der Waals surface area contributed by atoms with Gasteiger partial charge in [-0.1, -0.05) is 42.5 Å². The van der Waals surface area contributed by atoms with Crippen molar-refractivity contribution in [3.05, 3.63) is 65.7 Å². The molecule has 7 nitrogen and oxygen atoms in total. The van der Waals surface area contributed by atoms with Crippen molar-refractivity contribution in [1.82, 2.24) is 4.90 Å². The standard InChI is InChI=1S/C21H22N2O5/c1-27-20(25)16-10-5-6-11-17(16)22-19(24)18-12-7-13-23(18)21(26)28-14-15-8-3-2-4-9-15/h2-6,8-11,18H,7,12-14H2,1H3,(H,22,24). The van der Waals surface area contributed by atoms with Crippen LogP contribution in [0.1, 0.15) is 28.8 Å². The van der Waals surface area contributed by atoms with E-state index in [4.69, 9.17) is 9.47 Å². The van der Waals surface area contributed by atoms with Crippen molar-refractivity contribution in [1.29, 1.82) is 0 Å². The third-order valence-electron chi connectivity index (χ3n) is 4.59. The van der Waals surface area contributed by atoms with E-state index in [1.54, 1.807) is 24.3 Å². The third kappa shape index (κ3) is 4.49. The SMILES string of the molecule is COC(=O)c1ccccc1NC(=O)C1CCCN1C(=O)OCc1ccccc1. The molecule has 1 unspecified atom stereocenters. The number of amides is 2. The largest absolute Gasteiger partial charge is 0.465 e. The fraction of sp³-hybridized carbons (Fsp3) is 0.286. The highest BCUT2D eigenvalue weighted by Gasteiger charge is 2.35. The van der Waals surface area contributed by atoms with Crippen LogP contribution in [0.4, 0.5) is 10.5 Å². The van der Waals surface area contributed by atoms with E-state index in [0.717, 1.165) is 5.56 Å². The molecule has 1 fully saturated rings. The lowest BCUT2D eigenvalue weighted by molar-refractivity contribution is -0.120. The summed E-state index contributed by atoms with van der Waals surface area (Å²) in [7, 11) is 1.28. The van der Waals surface area contributed by atoms with Crippen molar-refractivity contribution >= 4 is 23.7 Å². The predicted octanol–water partition coefficient (Wildman–Crippen LogP) is 3.21. The molecule has 0 radical (unpaired) electrons. The highest BCUT2D eigenvalue weighted by Crippen LogP contribution is 2.22. The van der Waals surface area contributed by atoms with Crippen LogP contribution in [0.3, 0.4) is 0 Å². The number of nitrogens with zero attached hydrogens (tertiary/aromatic N) is 1. The first-order valence-corrected chi connectivity index (χ1v) is 9.05. The van der Waals surface area contributed by atoms with Gasteiger partial charge in [0.25, 0.3) is 0 Å². The summed E-state index contributed by atoms with van der Waals surface area (Å²) in [6, 6.07) is 15.3. The highest BCUT2D eigenvalue weighted by molar-refractivity contribution is 6.03. The van der Waals surface area contributed by atoms with Crippen LogP contribution in [0, 0.1) is 0 Å². The first kappa shape index (κ1) is 19.4. The molecule has 2 aromatic carbocycles. The Hall–Kier alpha value is -3.35. The molecule has 146 valence electrons. The molecule has 1 atom stereocenters. The number of esters is 1. The summed E-state index contributed by atoms with van der Waals surface area (Å²) in [5.41, 5.74) is 1.49. The summed E-state index contributed by atoms with van der Waals surface area (Å²) in [6.07, 6.45) is 0.715. The van der Waals surface area contributed by atoms with Crippen molar-refractivity contribution < 1.29 is 23.9 Å². The summed E-state index contributed by atoms with van der Waals surface area (Å²) in [6.45, 7) is 0.597. The zero-order chi connectivity index (χ0) is 19.9. The number of hydrogen-bond acceptors (Lipinski definition) is 5. The van der Waals surface area contributed by atoms with Crippen LogP contribution in [-0.4, -0.2) is 42.6 Å². The van der Waals surface area contributed by atoms with Gasteiger partial charge in [-0.2, -0.15) is 0 Å². The van der Waals surface area contributed by atoms with Gasteiger partial charge in [0.15, 0.2) is 0 Å². The molecule has 0 aromatic heterocycles. The van der Waals surface area contributed by atoms with Gasteiger partial charge in [-0.15, -0.1) is 0 Å². The summed E-state index contributed by atoms with van der Waals surface area (Å²) in [4.78, 5) is 38.5. The maximum Gasteiger partial charge on any atom is 0.410 e. The van der Waals surface area contributed by atoms with Crippen LogP contribution in [-0.2, 0) is 20.9 Å². The van der Waals surface area contributed by atoms with Crippen molar-refractivity contribution in [3.63, 3.8) is 0 Å². The molecule has 1 N–H and O–H groups in total. The molecule has 1 aliphatic heterocycles. The van der Waals surface area contributed by atoms with E-state index in [2.05, 4.69) is 5.32 Å². The summed E-state index contributed by atoms with van der Waals surface area (Å²) in [5.74, 6) is -0.896. The lowest BCUT2D eigenvalue weighted by Gasteiger charge is -2.23. The second kappa shape index (κ2) is 9.03. The van der Waals surface area contributed by atoms with Crippen LogP contribution in [0.2, 0.25) is 0 Å². The number of carbonyl (C=O) groups excluding carboxylic acids is 3. The average Bonchev–Trinajstić information content (AvgIpc) is 3.23. The number of rotatable bonds is 5. The van der Waals surface area contributed by atoms with Crippen molar-refractivity contribution in [2.75, 3.05) is 19.0 Å². The van der Waals surface area contributed by atoms with E-state index in [1.165, 1.54) is 12.0 Å². The smallest absolute Gasteiger partial charge is 0.410 e. The molecule has 2 amide bonds. The van der Waals surface area contributed by atoms with Crippen molar-refractivity contribution in [3.8, 4) is 0 Å². The van der Waals surface area contributed by atoms with Crippen molar-refractivity contribution in [2.45, 2.75) is 25.5 Å². The number of methoxy groups -OCH3 is 1. The molecule has 28 heavy (non-hydrogen) atoms. The van der Waals surface area contributed by atoms with E-state index in [9.17, 15) is 14.4 Å². The van der Waals surface area contributed by atoms with Crippen LogP contribution < -0.4 is 5.32 Å². The minimum Gasteiger partial charge on any atom is -0.465 e. The molecule has 3 rings (SSSR count). The van der Waals surface area contributed by atoms with E-state index < -0.39 is 18.1 Å². The normalized spacial score (nSPS) is 15.8. The number of likely N-dealkylation sites (tertiary alicyclic amines) is 1. The molecular weight excluding hydrogens is 360 g/mol. The van der Waals surface area contributed by atoms with Crippen LogP contribution in [0.15, 0.2) is 54.6 Å².